The number of hydrogen-bond donors (Lipinski definition) is 0. The molecule has 1 fully saturated rings. The maximum absolute atomic E-state index is 2.68. The van der Waals surface area contributed by atoms with Crippen LogP contribution in [0.15, 0.2) is 0 Å². The normalized spacial score (nSPS) is 35.5. The molecule has 0 aromatic rings. The number of hydrogen-bond acceptors (Lipinski definition) is 1. The molecule has 1 aliphatic rings. The standard InChI is InChI=1S/C12H25N/c1-5-10-9-13(8-4)12(7-3)11(10)6-2/h10-12H,5-9H2,1-4H3. The lowest BCUT2D eigenvalue weighted by molar-refractivity contribution is 0.226. The van der Waals surface area contributed by atoms with E-state index < -0.39 is 0 Å². The van der Waals surface area contributed by atoms with Gasteiger partial charge in [0.05, 0.1) is 0 Å². The molecule has 1 heteroatoms. The molecule has 0 radical (unpaired) electrons. The van der Waals surface area contributed by atoms with E-state index >= 15 is 0 Å². The minimum Gasteiger partial charge on any atom is -0.300 e. The molecule has 78 valence electrons. The third kappa shape index (κ3) is 2.07. The van der Waals surface area contributed by atoms with Crippen LogP contribution in [0.4, 0.5) is 0 Å². The van der Waals surface area contributed by atoms with E-state index in [9.17, 15) is 0 Å². The van der Waals surface area contributed by atoms with Crippen LogP contribution in [-0.4, -0.2) is 24.0 Å². The molecule has 1 rings (SSSR count). The molecule has 1 saturated heterocycles. The second kappa shape index (κ2) is 4.99. The van der Waals surface area contributed by atoms with Crippen LogP contribution in [0.25, 0.3) is 0 Å². The molecular weight excluding hydrogens is 158 g/mol. The molecule has 0 aliphatic carbocycles. The Hall–Kier alpha value is -0.0400. The van der Waals surface area contributed by atoms with Gasteiger partial charge in [-0.1, -0.05) is 40.5 Å². The molecule has 13 heavy (non-hydrogen) atoms. The first-order valence-electron chi connectivity index (χ1n) is 6.02. The topological polar surface area (TPSA) is 3.24 Å². The van der Waals surface area contributed by atoms with Crippen LogP contribution in [0.1, 0.15) is 47.0 Å². The van der Waals surface area contributed by atoms with E-state index in [0.717, 1.165) is 17.9 Å². The predicted molar refractivity (Wildman–Crippen MR) is 58.9 cm³/mol. The van der Waals surface area contributed by atoms with Crippen LogP contribution < -0.4 is 0 Å². The third-order valence-corrected chi connectivity index (χ3v) is 3.86. The Labute approximate surface area is 83.5 Å². The highest BCUT2D eigenvalue weighted by Gasteiger charge is 2.37. The van der Waals surface area contributed by atoms with Crippen LogP contribution in [0.3, 0.4) is 0 Å². The lowest BCUT2D eigenvalue weighted by Crippen LogP contribution is -2.31. The molecule has 0 aromatic heterocycles. The van der Waals surface area contributed by atoms with Crippen molar-refractivity contribution in [1.29, 1.82) is 0 Å². The Morgan fingerprint density at radius 2 is 1.69 bits per heavy atom. The molecule has 3 unspecified atom stereocenters. The van der Waals surface area contributed by atoms with E-state index in [1.54, 1.807) is 0 Å². The molecule has 0 aromatic carbocycles. The largest absolute Gasteiger partial charge is 0.300 e. The Kier molecular flexibility index (Phi) is 4.24. The van der Waals surface area contributed by atoms with Crippen LogP contribution in [0, 0.1) is 11.8 Å². The van der Waals surface area contributed by atoms with Crippen LogP contribution >= 0.6 is 0 Å². The van der Waals surface area contributed by atoms with Gasteiger partial charge < -0.3 is 4.90 Å². The van der Waals surface area contributed by atoms with Crippen molar-refractivity contribution in [3.05, 3.63) is 0 Å². The number of likely N-dealkylation sites (tertiary alicyclic amines) is 1. The lowest BCUT2D eigenvalue weighted by Gasteiger charge is -2.25. The van der Waals surface area contributed by atoms with Crippen molar-refractivity contribution in [3.8, 4) is 0 Å². The maximum Gasteiger partial charge on any atom is 0.0124 e. The second-order valence-corrected chi connectivity index (χ2v) is 4.30. The summed E-state index contributed by atoms with van der Waals surface area (Å²) in [6.07, 6.45) is 4.07. The summed E-state index contributed by atoms with van der Waals surface area (Å²) < 4.78 is 0. The average Bonchev–Trinajstić information content (AvgIpc) is 2.54. The zero-order valence-electron chi connectivity index (χ0n) is 9.71. The Balaban J connectivity index is 2.65. The van der Waals surface area contributed by atoms with Gasteiger partial charge in [0.2, 0.25) is 0 Å². The maximum atomic E-state index is 2.68. The Morgan fingerprint density at radius 3 is 2.08 bits per heavy atom. The summed E-state index contributed by atoms with van der Waals surface area (Å²) in [7, 11) is 0. The fourth-order valence-corrected chi connectivity index (χ4v) is 3.12. The molecule has 1 nitrogen and oxygen atoms in total. The monoisotopic (exact) mass is 183 g/mol. The van der Waals surface area contributed by atoms with Crippen molar-refractivity contribution in [2.24, 2.45) is 11.8 Å². The van der Waals surface area contributed by atoms with Crippen molar-refractivity contribution in [3.63, 3.8) is 0 Å². The smallest absolute Gasteiger partial charge is 0.0124 e. The molecule has 0 saturated carbocycles. The highest BCUT2D eigenvalue weighted by Crippen LogP contribution is 2.35. The van der Waals surface area contributed by atoms with Gasteiger partial charge in [0.15, 0.2) is 0 Å². The fraction of sp³-hybridized carbons (Fsp3) is 1.00. The minimum atomic E-state index is 0.875. The SMILES string of the molecule is CCC1CN(CC)C(CC)C1CC. The van der Waals surface area contributed by atoms with E-state index in [4.69, 9.17) is 0 Å². The highest BCUT2D eigenvalue weighted by atomic mass is 15.2. The first-order valence-corrected chi connectivity index (χ1v) is 6.02. The molecule has 1 heterocycles. The van der Waals surface area contributed by atoms with Crippen molar-refractivity contribution in [2.45, 2.75) is 53.0 Å². The van der Waals surface area contributed by atoms with Crippen LogP contribution in [0.5, 0.6) is 0 Å². The van der Waals surface area contributed by atoms with Gasteiger partial charge in [-0.3, -0.25) is 0 Å². The third-order valence-electron chi connectivity index (χ3n) is 3.86. The summed E-state index contributed by atoms with van der Waals surface area (Å²) in [5, 5.41) is 0. The van der Waals surface area contributed by atoms with Gasteiger partial charge in [0, 0.05) is 12.6 Å². The van der Waals surface area contributed by atoms with Crippen molar-refractivity contribution >= 4 is 0 Å². The Morgan fingerprint density at radius 1 is 1.00 bits per heavy atom. The van der Waals surface area contributed by atoms with Crippen molar-refractivity contribution in [2.75, 3.05) is 13.1 Å². The fourth-order valence-electron chi connectivity index (χ4n) is 3.12. The Bertz CT molecular complexity index is 128. The summed E-state index contributed by atoms with van der Waals surface area (Å²) in [5.74, 6) is 1.94. The van der Waals surface area contributed by atoms with Gasteiger partial charge >= 0.3 is 0 Å². The van der Waals surface area contributed by atoms with Gasteiger partial charge in [0.25, 0.3) is 0 Å². The van der Waals surface area contributed by atoms with Crippen molar-refractivity contribution < 1.29 is 0 Å². The lowest BCUT2D eigenvalue weighted by atomic mass is 9.86. The van der Waals surface area contributed by atoms with Crippen molar-refractivity contribution in [1.82, 2.24) is 4.90 Å². The number of nitrogens with zero attached hydrogens (tertiary/aromatic N) is 1. The number of rotatable bonds is 4. The van der Waals surface area contributed by atoms with Gasteiger partial charge in [-0.15, -0.1) is 0 Å². The van der Waals surface area contributed by atoms with Crippen LogP contribution in [0.2, 0.25) is 0 Å². The van der Waals surface area contributed by atoms with E-state index in [1.165, 1.54) is 32.4 Å². The average molecular weight is 183 g/mol. The van der Waals surface area contributed by atoms with E-state index in [-0.39, 0.29) is 0 Å². The molecule has 0 spiro atoms. The van der Waals surface area contributed by atoms with Gasteiger partial charge in [0.1, 0.15) is 0 Å². The van der Waals surface area contributed by atoms with E-state index in [2.05, 4.69) is 32.6 Å². The zero-order valence-corrected chi connectivity index (χ0v) is 9.71. The first-order chi connectivity index (χ1) is 6.28. The molecule has 0 amide bonds. The summed E-state index contributed by atoms with van der Waals surface area (Å²) in [6.45, 7) is 11.9. The van der Waals surface area contributed by atoms with Crippen LogP contribution in [-0.2, 0) is 0 Å². The minimum absolute atomic E-state index is 0.875. The predicted octanol–water partition coefficient (Wildman–Crippen LogP) is 3.15. The zero-order chi connectivity index (χ0) is 9.84. The second-order valence-electron chi connectivity index (χ2n) is 4.30. The molecular formula is C12H25N. The molecule has 1 aliphatic heterocycles. The van der Waals surface area contributed by atoms with Gasteiger partial charge in [-0.2, -0.15) is 0 Å². The van der Waals surface area contributed by atoms with Gasteiger partial charge in [-0.25, -0.2) is 0 Å². The van der Waals surface area contributed by atoms with E-state index in [1.807, 2.05) is 0 Å². The quantitative estimate of drug-likeness (QED) is 0.647. The van der Waals surface area contributed by atoms with Gasteiger partial charge in [-0.05, 0) is 24.8 Å². The highest BCUT2D eigenvalue weighted by molar-refractivity contribution is 4.90. The summed E-state index contributed by atoms with van der Waals surface area (Å²) in [6, 6.07) is 0.875. The summed E-state index contributed by atoms with van der Waals surface area (Å²) in [5.41, 5.74) is 0. The summed E-state index contributed by atoms with van der Waals surface area (Å²) >= 11 is 0. The molecule has 3 atom stereocenters. The first kappa shape index (κ1) is 11.0. The van der Waals surface area contributed by atoms with E-state index in [0.29, 0.717) is 0 Å². The molecule has 0 N–H and O–H groups in total. The summed E-state index contributed by atoms with van der Waals surface area (Å²) in [4.78, 5) is 2.68. The molecule has 0 bridgehead atoms.